The van der Waals surface area contributed by atoms with Gasteiger partial charge in [-0.3, -0.25) is 9.59 Å². The Hall–Kier alpha value is -1.75. The largest absolute Gasteiger partial charge is 0.480 e. The molecule has 6 heteroatoms. The van der Waals surface area contributed by atoms with Gasteiger partial charge in [0, 0.05) is 13.0 Å². The van der Waals surface area contributed by atoms with Gasteiger partial charge in [0.1, 0.15) is 12.3 Å². The maximum atomic E-state index is 11.9. The molecule has 1 fully saturated rings. The van der Waals surface area contributed by atoms with Gasteiger partial charge < -0.3 is 14.7 Å². The van der Waals surface area contributed by atoms with Crippen LogP contribution in [0.1, 0.15) is 12.0 Å². The molecule has 1 aromatic rings. The van der Waals surface area contributed by atoms with E-state index in [9.17, 15) is 9.59 Å². The van der Waals surface area contributed by atoms with Crippen LogP contribution >= 0.6 is 11.6 Å². The fourth-order valence-electron chi connectivity index (χ4n) is 1.99. The van der Waals surface area contributed by atoms with Crippen molar-refractivity contribution < 1.29 is 19.4 Å². The molecule has 1 amide bonds. The van der Waals surface area contributed by atoms with Crippen molar-refractivity contribution in [2.24, 2.45) is 0 Å². The third-order valence-corrected chi connectivity index (χ3v) is 3.24. The number of rotatable bonds is 4. The Bertz CT molecular complexity index is 517. The molecule has 0 aliphatic carbocycles. The van der Waals surface area contributed by atoms with Crippen molar-refractivity contribution in [3.63, 3.8) is 0 Å². The molecule has 0 radical (unpaired) electrons. The Kier molecular flexibility index (Phi) is 3.95. The van der Waals surface area contributed by atoms with Gasteiger partial charge in [-0.15, -0.1) is 0 Å². The van der Waals surface area contributed by atoms with Crippen molar-refractivity contribution in [2.45, 2.75) is 19.4 Å². The highest BCUT2D eigenvalue weighted by molar-refractivity contribution is 6.32. The van der Waals surface area contributed by atoms with Crippen LogP contribution in [0.4, 0.5) is 0 Å². The number of carbonyl (C=O) groups excluding carboxylic acids is 1. The predicted molar refractivity (Wildman–Crippen MR) is 69.4 cm³/mol. The summed E-state index contributed by atoms with van der Waals surface area (Å²) in [6, 6.07) is 5.32. The van der Waals surface area contributed by atoms with Crippen LogP contribution in [-0.2, 0) is 9.59 Å². The van der Waals surface area contributed by atoms with E-state index in [-0.39, 0.29) is 12.5 Å². The Morgan fingerprint density at radius 1 is 1.58 bits per heavy atom. The van der Waals surface area contributed by atoms with Crippen molar-refractivity contribution in [1.82, 2.24) is 4.90 Å². The highest BCUT2D eigenvalue weighted by Crippen LogP contribution is 2.28. The normalized spacial score (nSPS) is 18.7. The first-order valence-electron chi connectivity index (χ1n) is 5.91. The molecular weight excluding hydrogens is 270 g/mol. The third-order valence-electron chi connectivity index (χ3n) is 2.93. The van der Waals surface area contributed by atoms with E-state index in [0.29, 0.717) is 23.7 Å². The number of ether oxygens (including phenoxy) is 1. The second-order valence-corrected chi connectivity index (χ2v) is 4.89. The first-order valence-corrected chi connectivity index (χ1v) is 6.28. The average molecular weight is 284 g/mol. The lowest BCUT2D eigenvalue weighted by Gasteiger charge is -2.16. The molecule has 0 saturated carbocycles. The zero-order chi connectivity index (χ0) is 14.0. The molecule has 102 valence electrons. The molecule has 1 aliphatic heterocycles. The topological polar surface area (TPSA) is 66.8 Å². The zero-order valence-corrected chi connectivity index (χ0v) is 11.2. The van der Waals surface area contributed by atoms with Gasteiger partial charge in [0.05, 0.1) is 5.02 Å². The summed E-state index contributed by atoms with van der Waals surface area (Å²) >= 11 is 6.00. The van der Waals surface area contributed by atoms with E-state index in [4.69, 9.17) is 21.4 Å². The highest BCUT2D eigenvalue weighted by Gasteiger charge is 2.34. The van der Waals surface area contributed by atoms with Crippen LogP contribution in [0, 0.1) is 6.92 Å². The smallest absolute Gasteiger partial charge is 0.323 e. The number of benzene rings is 1. The number of aryl methyl sites for hydroxylation is 1. The van der Waals surface area contributed by atoms with Crippen LogP contribution in [0.15, 0.2) is 18.2 Å². The number of carbonyl (C=O) groups is 2. The van der Waals surface area contributed by atoms with Gasteiger partial charge in [-0.25, -0.2) is 0 Å². The molecule has 1 atom stereocenters. The van der Waals surface area contributed by atoms with E-state index in [1.165, 1.54) is 4.90 Å². The van der Waals surface area contributed by atoms with Gasteiger partial charge in [-0.05, 0) is 24.6 Å². The molecule has 1 heterocycles. The molecule has 2 rings (SSSR count). The van der Waals surface area contributed by atoms with Crippen LogP contribution < -0.4 is 4.74 Å². The Labute approximate surface area is 115 Å². The number of aliphatic carboxylic acids is 1. The maximum Gasteiger partial charge on any atom is 0.323 e. The zero-order valence-electron chi connectivity index (χ0n) is 10.4. The van der Waals surface area contributed by atoms with Gasteiger partial charge in [0.15, 0.2) is 6.10 Å². The van der Waals surface area contributed by atoms with Crippen LogP contribution in [0.25, 0.3) is 0 Å². The second-order valence-electron chi connectivity index (χ2n) is 4.48. The highest BCUT2D eigenvalue weighted by atomic mass is 35.5. The predicted octanol–water partition coefficient (Wildman–Crippen LogP) is 1.71. The Morgan fingerprint density at radius 3 is 3.00 bits per heavy atom. The number of halogens is 1. The van der Waals surface area contributed by atoms with E-state index in [1.54, 1.807) is 12.1 Å². The average Bonchev–Trinajstić information content (AvgIpc) is 2.66. The summed E-state index contributed by atoms with van der Waals surface area (Å²) in [5.74, 6) is -0.875. The summed E-state index contributed by atoms with van der Waals surface area (Å²) in [7, 11) is 0. The minimum atomic E-state index is -1.03. The summed E-state index contributed by atoms with van der Waals surface area (Å²) in [5.41, 5.74) is 0.979. The van der Waals surface area contributed by atoms with Crippen LogP contribution in [0.2, 0.25) is 5.02 Å². The number of likely N-dealkylation sites (tertiary alicyclic amines) is 1. The standard InChI is InChI=1S/C13H14ClNO4/c1-8-2-3-9(14)11(6-8)19-10-4-5-15(13(10)18)7-12(16)17/h2-3,6,10H,4-5,7H2,1H3,(H,16,17). The van der Waals surface area contributed by atoms with Gasteiger partial charge in [-0.1, -0.05) is 17.7 Å². The first kappa shape index (κ1) is 13.7. The summed E-state index contributed by atoms with van der Waals surface area (Å²) in [5, 5.41) is 9.13. The first-order chi connectivity index (χ1) is 8.97. The van der Waals surface area contributed by atoms with Crippen molar-refractivity contribution in [3.05, 3.63) is 28.8 Å². The number of nitrogens with zero attached hydrogens (tertiary/aromatic N) is 1. The monoisotopic (exact) mass is 283 g/mol. The van der Waals surface area contributed by atoms with Crippen molar-refractivity contribution in [2.75, 3.05) is 13.1 Å². The molecule has 0 spiro atoms. The number of carboxylic acids is 1. The van der Waals surface area contributed by atoms with E-state index >= 15 is 0 Å². The number of carboxylic acid groups (broad SMARTS) is 1. The SMILES string of the molecule is Cc1ccc(Cl)c(OC2CCN(CC(=O)O)C2=O)c1. The van der Waals surface area contributed by atoms with Crippen LogP contribution in [0.5, 0.6) is 5.75 Å². The maximum absolute atomic E-state index is 11.9. The molecule has 5 nitrogen and oxygen atoms in total. The molecular formula is C13H14ClNO4. The van der Waals surface area contributed by atoms with Crippen LogP contribution in [0.3, 0.4) is 0 Å². The summed E-state index contributed by atoms with van der Waals surface area (Å²) in [6.07, 6.45) is -0.185. The molecule has 1 saturated heterocycles. The lowest BCUT2D eigenvalue weighted by molar-refractivity contribution is -0.144. The Balaban J connectivity index is 2.06. The summed E-state index contributed by atoms with van der Waals surface area (Å²) < 4.78 is 5.59. The van der Waals surface area contributed by atoms with Crippen LogP contribution in [-0.4, -0.2) is 41.1 Å². The Morgan fingerprint density at radius 2 is 2.32 bits per heavy atom. The fourth-order valence-corrected chi connectivity index (χ4v) is 2.16. The lowest BCUT2D eigenvalue weighted by Crippen LogP contribution is -2.35. The van der Waals surface area contributed by atoms with E-state index in [2.05, 4.69) is 0 Å². The fraction of sp³-hybridized carbons (Fsp3) is 0.385. The summed E-state index contributed by atoms with van der Waals surface area (Å²) in [6.45, 7) is 2.00. The van der Waals surface area contributed by atoms with E-state index < -0.39 is 12.1 Å². The van der Waals surface area contributed by atoms with Crippen molar-refractivity contribution in [3.8, 4) is 5.75 Å². The molecule has 1 unspecified atom stereocenters. The molecule has 0 aromatic heterocycles. The minimum absolute atomic E-state index is 0.291. The second kappa shape index (κ2) is 5.48. The van der Waals surface area contributed by atoms with E-state index in [1.807, 2.05) is 13.0 Å². The molecule has 1 aromatic carbocycles. The van der Waals surface area contributed by atoms with Gasteiger partial charge >= 0.3 is 5.97 Å². The van der Waals surface area contributed by atoms with Gasteiger partial charge in [-0.2, -0.15) is 0 Å². The third kappa shape index (κ3) is 3.17. The summed E-state index contributed by atoms with van der Waals surface area (Å²) in [4.78, 5) is 23.8. The van der Waals surface area contributed by atoms with Gasteiger partial charge in [0.2, 0.25) is 0 Å². The van der Waals surface area contributed by atoms with Gasteiger partial charge in [0.25, 0.3) is 5.91 Å². The molecule has 1 aliphatic rings. The molecule has 0 bridgehead atoms. The van der Waals surface area contributed by atoms with E-state index in [0.717, 1.165) is 5.56 Å². The number of hydrogen-bond acceptors (Lipinski definition) is 3. The number of hydrogen-bond donors (Lipinski definition) is 1. The van der Waals surface area contributed by atoms with Crippen molar-refractivity contribution in [1.29, 1.82) is 0 Å². The molecule has 19 heavy (non-hydrogen) atoms. The quantitative estimate of drug-likeness (QED) is 0.913. The van der Waals surface area contributed by atoms with Crippen molar-refractivity contribution >= 4 is 23.5 Å². The number of amides is 1. The molecule has 1 N–H and O–H groups in total. The minimum Gasteiger partial charge on any atom is -0.480 e. The lowest BCUT2D eigenvalue weighted by atomic mass is 10.2.